The fourth-order valence-corrected chi connectivity index (χ4v) is 4.32. The number of rotatable bonds is 7. The van der Waals surface area contributed by atoms with Crippen LogP contribution in [0, 0.1) is 0 Å². The van der Waals surface area contributed by atoms with Crippen LogP contribution in [0.2, 0.25) is 0 Å². The van der Waals surface area contributed by atoms with Gasteiger partial charge in [0.1, 0.15) is 5.76 Å². The topological polar surface area (TPSA) is 58.6 Å². The van der Waals surface area contributed by atoms with Crippen LogP contribution in [0.15, 0.2) is 57.7 Å². The molecule has 4 rings (SSSR count). The van der Waals surface area contributed by atoms with Crippen molar-refractivity contribution in [3.63, 3.8) is 0 Å². The predicted molar refractivity (Wildman–Crippen MR) is 113 cm³/mol. The first-order valence-electron chi connectivity index (χ1n) is 9.84. The first-order valence-corrected chi connectivity index (χ1v) is 10.7. The van der Waals surface area contributed by atoms with Gasteiger partial charge in [-0.1, -0.05) is 6.07 Å². The molecule has 1 fully saturated rings. The lowest BCUT2D eigenvalue weighted by molar-refractivity contribution is 0.475. The molecule has 0 aliphatic carbocycles. The number of hydrogen-bond acceptors (Lipinski definition) is 4. The highest BCUT2D eigenvalue weighted by atomic mass is 32.1. The number of likely N-dealkylation sites (tertiary alicyclic amines) is 1. The van der Waals surface area contributed by atoms with Gasteiger partial charge >= 0.3 is 0 Å². The van der Waals surface area contributed by atoms with E-state index in [0.717, 1.165) is 57.2 Å². The van der Waals surface area contributed by atoms with Crippen LogP contribution in [-0.2, 0) is 19.9 Å². The summed E-state index contributed by atoms with van der Waals surface area (Å²) in [5.74, 6) is 2.53. The smallest absolute Gasteiger partial charge is 0.193 e. The van der Waals surface area contributed by atoms with Gasteiger partial charge in [-0.3, -0.25) is 9.67 Å². The maximum Gasteiger partial charge on any atom is 0.193 e. The van der Waals surface area contributed by atoms with E-state index in [1.165, 1.54) is 10.4 Å². The van der Waals surface area contributed by atoms with Gasteiger partial charge in [-0.05, 0) is 35.6 Å². The monoisotopic (exact) mass is 397 g/mol. The Morgan fingerprint density at radius 3 is 3.07 bits per heavy atom. The third kappa shape index (κ3) is 4.84. The molecule has 4 heterocycles. The van der Waals surface area contributed by atoms with Crippen molar-refractivity contribution >= 4 is 17.3 Å². The van der Waals surface area contributed by atoms with Crippen LogP contribution in [0.1, 0.15) is 28.5 Å². The Labute approximate surface area is 169 Å². The maximum absolute atomic E-state index is 5.45. The number of aryl methyl sites for hydroxylation is 1. The van der Waals surface area contributed by atoms with Crippen LogP contribution in [0.25, 0.3) is 0 Å². The van der Waals surface area contributed by atoms with E-state index in [1.54, 1.807) is 17.6 Å². The Kier molecular flexibility index (Phi) is 6.11. The summed E-state index contributed by atoms with van der Waals surface area (Å²) in [4.78, 5) is 8.69. The number of aromatic nitrogens is 2. The summed E-state index contributed by atoms with van der Waals surface area (Å²) in [5, 5.41) is 10.0. The molecule has 1 atom stereocenters. The van der Waals surface area contributed by atoms with Crippen LogP contribution < -0.4 is 5.32 Å². The van der Waals surface area contributed by atoms with Gasteiger partial charge in [0.25, 0.3) is 0 Å². The molecule has 1 saturated heterocycles. The third-order valence-electron chi connectivity index (χ3n) is 5.12. The molecule has 6 nitrogen and oxygen atoms in total. The molecule has 0 bridgehead atoms. The lowest BCUT2D eigenvalue weighted by atomic mass is 10.0. The van der Waals surface area contributed by atoms with Crippen molar-refractivity contribution in [2.75, 3.05) is 26.2 Å². The third-order valence-corrected chi connectivity index (χ3v) is 6.05. The summed E-state index contributed by atoms with van der Waals surface area (Å²) in [5.41, 5.74) is 1.32. The Balaban J connectivity index is 1.38. The Morgan fingerprint density at radius 2 is 2.32 bits per heavy atom. The number of nitrogens with one attached hydrogen (secondary N) is 1. The van der Waals surface area contributed by atoms with Crippen molar-refractivity contribution in [1.82, 2.24) is 20.0 Å². The molecule has 0 aromatic carbocycles. The van der Waals surface area contributed by atoms with E-state index in [9.17, 15) is 0 Å². The minimum atomic E-state index is 0.517. The first-order chi connectivity index (χ1) is 13.8. The zero-order valence-corrected chi connectivity index (χ0v) is 17.1. The van der Waals surface area contributed by atoms with Crippen molar-refractivity contribution in [1.29, 1.82) is 0 Å². The Morgan fingerprint density at radius 1 is 1.36 bits per heavy atom. The quantitative estimate of drug-likeness (QED) is 0.491. The summed E-state index contributed by atoms with van der Waals surface area (Å²) in [6.45, 7) is 3.62. The molecule has 0 saturated carbocycles. The van der Waals surface area contributed by atoms with Gasteiger partial charge in [-0.25, -0.2) is 0 Å². The van der Waals surface area contributed by atoms with Crippen LogP contribution in [0.4, 0.5) is 0 Å². The van der Waals surface area contributed by atoms with E-state index < -0.39 is 0 Å². The minimum absolute atomic E-state index is 0.517. The average molecular weight is 398 g/mol. The van der Waals surface area contributed by atoms with Crippen molar-refractivity contribution in [2.45, 2.75) is 25.2 Å². The van der Waals surface area contributed by atoms with E-state index in [-0.39, 0.29) is 0 Å². The molecular weight excluding hydrogens is 370 g/mol. The van der Waals surface area contributed by atoms with Crippen LogP contribution in [0.5, 0.6) is 0 Å². The highest BCUT2D eigenvalue weighted by Crippen LogP contribution is 2.26. The summed E-state index contributed by atoms with van der Waals surface area (Å²) in [7, 11) is 1.98. The Bertz CT molecular complexity index is 869. The fraction of sp³-hybridized carbons (Fsp3) is 0.429. The van der Waals surface area contributed by atoms with Crippen molar-refractivity contribution in [3.05, 3.63) is 64.5 Å². The summed E-state index contributed by atoms with van der Waals surface area (Å²) < 4.78 is 7.33. The van der Waals surface area contributed by atoms with E-state index in [1.807, 2.05) is 30.1 Å². The van der Waals surface area contributed by atoms with Crippen molar-refractivity contribution < 1.29 is 4.42 Å². The van der Waals surface area contributed by atoms with E-state index in [0.29, 0.717) is 5.92 Å². The predicted octanol–water partition coefficient (Wildman–Crippen LogP) is 3.29. The zero-order chi connectivity index (χ0) is 19.2. The van der Waals surface area contributed by atoms with E-state index >= 15 is 0 Å². The van der Waals surface area contributed by atoms with Crippen molar-refractivity contribution in [3.8, 4) is 0 Å². The molecule has 0 amide bonds. The van der Waals surface area contributed by atoms with Gasteiger partial charge < -0.3 is 14.6 Å². The molecular formula is C21H27N5OS. The summed E-state index contributed by atoms with van der Waals surface area (Å²) in [6.07, 6.45) is 8.83. The molecule has 1 N–H and O–H groups in total. The number of furan rings is 1. The van der Waals surface area contributed by atoms with E-state index in [4.69, 9.17) is 9.41 Å². The summed E-state index contributed by atoms with van der Waals surface area (Å²) in [6, 6.07) is 8.23. The minimum Gasteiger partial charge on any atom is -0.469 e. The standard InChI is InChI=1S/C21H27N5OS/c1-25-15-18(14-24-25)17-8-11-26(16-17)21(22-9-6-19-4-2-12-27-19)23-10-7-20-5-3-13-28-20/h2-5,12-15,17H,6-11,16H2,1H3,(H,22,23). The average Bonchev–Trinajstić information content (AvgIpc) is 3.47. The molecule has 1 unspecified atom stereocenters. The fourth-order valence-electron chi connectivity index (χ4n) is 3.62. The second-order valence-electron chi connectivity index (χ2n) is 7.17. The normalized spacial score (nSPS) is 17.4. The van der Waals surface area contributed by atoms with Gasteiger partial charge in [0.2, 0.25) is 0 Å². The zero-order valence-electron chi connectivity index (χ0n) is 16.3. The van der Waals surface area contributed by atoms with Gasteiger partial charge in [-0.2, -0.15) is 5.10 Å². The number of aliphatic imine (C=N–C) groups is 1. The second kappa shape index (κ2) is 9.10. The van der Waals surface area contributed by atoms with Gasteiger partial charge in [0.15, 0.2) is 5.96 Å². The molecule has 1 aliphatic rings. The molecule has 148 valence electrons. The largest absolute Gasteiger partial charge is 0.469 e. The molecule has 3 aromatic heterocycles. The summed E-state index contributed by atoms with van der Waals surface area (Å²) >= 11 is 1.80. The maximum atomic E-state index is 5.45. The molecule has 3 aromatic rings. The number of nitrogens with zero attached hydrogens (tertiary/aromatic N) is 4. The highest BCUT2D eigenvalue weighted by molar-refractivity contribution is 7.09. The SMILES string of the molecule is Cn1cc(C2CCN(C(=NCCc3cccs3)NCCc3ccco3)C2)cn1. The molecule has 1 aliphatic heterocycles. The molecule has 0 spiro atoms. The van der Waals surface area contributed by atoms with Crippen LogP contribution in [0.3, 0.4) is 0 Å². The van der Waals surface area contributed by atoms with Crippen LogP contribution >= 0.6 is 11.3 Å². The van der Waals surface area contributed by atoms with Gasteiger partial charge in [0, 0.05) is 63.1 Å². The Hall–Kier alpha value is -2.54. The highest BCUT2D eigenvalue weighted by Gasteiger charge is 2.27. The lowest BCUT2D eigenvalue weighted by Gasteiger charge is -2.22. The van der Waals surface area contributed by atoms with E-state index in [2.05, 4.69) is 39.0 Å². The lowest BCUT2D eigenvalue weighted by Crippen LogP contribution is -2.41. The van der Waals surface area contributed by atoms with Gasteiger partial charge in [-0.15, -0.1) is 11.3 Å². The molecule has 7 heteroatoms. The molecule has 28 heavy (non-hydrogen) atoms. The number of hydrogen-bond donors (Lipinski definition) is 1. The number of thiophene rings is 1. The second-order valence-corrected chi connectivity index (χ2v) is 8.20. The van der Waals surface area contributed by atoms with Crippen LogP contribution in [-0.4, -0.2) is 46.8 Å². The van der Waals surface area contributed by atoms with Gasteiger partial charge in [0.05, 0.1) is 12.5 Å². The first kappa shape index (κ1) is 18.8. The number of guanidine groups is 1. The van der Waals surface area contributed by atoms with Crippen molar-refractivity contribution in [2.24, 2.45) is 12.0 Å². The molecule has 0 radical (unpaired) electrons.